The Hall–Kier alpha value is -2.94. The Balaban J connectivity index is 0.000000858. The normalized spacial score (nSPS) is 14.1. The molecule has 0 bridgehead atoms. The predicted octanol–water partition coefficient (Wildman–Crippen LogP) is 9.19. The number of ether oxygens (including phenoxy) is 1. The van der Waals surface area contributed by atoms with Crippen LogP contribution in [-0.4, -0.2) is 49.5 Å². The van der Waals surface area contributed by atoms with Gasteiger partial charge in [-0.2, -0.15) is 0 Å². The lowest BCUT2D eigenvalue weighted by atomic mass is 9.86. The zero-order valence-electron chi connectivity index (χ0n) is 29.9. The van der Waals surface area contributed by atoms with Gasteiger partial charge in [-0.25, -0.2) is 4.72 Å². The number of aryl methyl sites for hydroxylation is 1. The summed E-state index contributed by atoms with van der Waals surface area (Å²) in [5, 5.41) is 4.79. The summed E-state index contributed by atoms with van der Waals surface area (Å²) in [6.07, 6.45) is 8.89. The molecule has 1 aliphatic rings. The molecule has 4 rings (SSSR count). The van der Waals surface area contributed by atoms with Crippen molar-refractivity contribution < 1.29 is 9.53 Å². The minimum absolute atomic E-state index is 0.0429. The van der Waals surface area contributed by atoms with Crippen molar-refractivity contribution in [2.45, 2.75) is 91.4 Å². The van der Waals surface area contributed by atoms with Crippen molar-refractivity contribution in [3.63, 3.8) is 0 Å². The van der Waals surface area contributed by atoms with Crippen molar-refractivity contribution in [3.05, 3.63) is 59.8 Å². The second-order valence-corrected chi connectivity index (χ2v) is 14.6. The monoisotopic (exact) mass is 649 g/mol. The Kier molecular flexibility index (Phi) is 14.5. The third-order valence-electron chi connectivity index (χ3n) is 8.83. The number of methoxy groups -OCH3 is 1. The number of hydrogen-bond acceptors (Lipinski definition) is 7. The standard InChI is InChI=1S/C33H48N4O2S.C5H11N/c1-10-13-24(15-11-14-22(2)38)18-25-16-12-17-26-19-30(37(8)31(25)26)23(3)35-28-20-27(33(4,5)6)21-29(32(28)39-9)36-40-34-7;1-6-4-2-3-5-6/h12,16-17,19-21,24,34-36H,3,10-11,13-15,18H2,1-2,4-9H3;2-5H2,1H3. The molecule has 2 aromatic carbocycles. The van der Waals surface area contributed by atoms with Gasteiger partial charge in [-0.3, -0.25) is 0 Å². The molecule has 3 aromatic rings. The number of benzene rings is 2. The number of anilines is 2. The molecule has 254 valence electrons. The number of carbonyl (C=O) groups excluding carboxylic acids is 1. The summed E-state index contributed by atoms with van der Waals surface area (Å²) in [4.78, 5) is 13.9. The van der Waals surface area contributed by atoms with Gasteiger partial charge in [0, 0.05) is 31.0 Å². The highest BCUT2D eigenvalue weighted by molar-refractivity contribution is 7.98. The Labute approximate surface area is 283 Å². The zero-order chi connectivity index (χ0) is 33.9. The molecule has 1 saturated heterocycles. The van der Waals surface area contributed by atoms with Gasteiger partial charge in [-0.15, -0.1) is 0 Å². The summed E-state index contributed by atoms with van der Waals surface area (Å²) in [5.41, 5.74) is 7.36. The van der Waals surface area contributed by atoms with Gasteiger partial charge < -0.3 is 29.0 Å². The Morgan fingerprint density at radius 2 is 1.78 bits per heavy atom. The number of carbonyl (C=O) groups is 1. The van der Waals surface area contributed by atoms with Crippen LogP contribution in [0.25, 0.3) is 16.6 Å². The molecule has 8 heteroatoms. The Morgan fingerprint density at radius 1 is 1.09 bits per heavy atom. The average Bonchev–Trinajstić information content (AvgIpc) is 3.62. The summed E-state index contributed by atoms with van der Waals surface area (Å²) in [6, 6.07) is 13.1. The van der Waals surface area contributed by atoms with Crippen LogP contribution in [0, 0.1) is 5.92 Å². The topological polar surface area (TPSA) is 70.6 Å². The van der Waals surface area contributed by atoms with Gasteiger partial charge in [0.05, 0.1) is 35.4 Å². The number of rotatable bonds is 15. The molecule has 2 heterocycles. The molecule has 1 atom stereocenters. The van der Waals surface area contributed by atoms with E-state index in [1.807, 2.05) is 7.05 Å². The van der Waals surface area contributed by atoms with Crippen molar-refractivity contribution in [2.75, 3.05) is 44.3 Å². The number of ketones is 1. The fraction of sp³-hybridized carbons (Fsp3) is 0.553. The van der Waals surface area contributed by atoms with Crippen LogP contribution in [0.1, 0.15) is 96.4 Å². The van der Waals surface area contributed by atoms with Crippen LogP contribution in [0.15, 0.2) is 43.0 Å². The summed E-state index contributed by atoms with van der Waals surface area (Å²) in [6.45, 7) is 17.7. The van der Waals surface area contributed by atoms with Crippen molar-refractivity contribution in [3.8, 4) is 5.75 Å². The van der Waals surface area contributed by atoms with E-state index in [2.05, 4.69) is 109 Å². The molecular weight excluding hydrogens is 591 g/mol. The number of nitrogens with one attached hydrogen (secondary N) is 3. The molecule has 0 saturated carbocycles. The second kappa shape index (κ2) is 17.8. The van der Waals surface area contributed by atoms with E-state index in [1.165, 1.54) is 66.5 Å². The molecule has 0 aliphatic carbocycles. The minimum atomic E-state index is -0.0429. The molecule has 46 heavy (non-hydrogen) atoms. The number of nitrogens with zero attached hydrogens (tertiary/aromatic N) is 2. The lowest BCUT2D eigenvalue weighted by Crippen LogP contribution is -2.14. The van der Waals surface area contributed by atoms with E-state index in [4.69, 9.17) is 4.74 Å². The number of hydrogen-bond donors (Lipinski definition) is 3. The van der Waals surface area contributed by atoms with E-state index in [0.717, 1.165) is 54.2 Å². The number of para-hydroxylation sites is 1. The van der Waals surface area contributed by atoms with E-state index >= 15 is 0 Å². The highest BCUT2D eigenvalue weighted by Gasteiger charge is 2.22. The third-order valence-corrected chi connectivity index (χ3v) is 9.36. The first-order valence-electron chi connectivity index (χ1n) is 16.9. The van der Waals surface area contributed by atoms with Crippen LogP contribution >= 0.6 is 12.1 Å². The Morgan fingerprint density at radius 3 is 2.35 bits per heavy atom. The molecule has 1 aromatic heterocycles. The average molecular weight is 650 g/mol. The minimum Gasteiger partial charge on any atom is -0.492 e. The van der Waals surface area contributed by atoms with E-state index in [0.29, 0.717) is 12.3 Å². The van der Waals surface area contributed by atoms with Crippen LogP contribution < -0.4 is 19.5 Å². The molecule has 1 fully saturated rings. The van der Waals surface area contributed by atoms with Crippen molar-refractivity contribution in [1.82, 2.24) is 14.2 Å². The van der Waals surface area contributed by atoms with Crippen molar-refractivity contribution >= 4 is 45.9 Å². The van der Waals surface area contributed by atoms with Gasteiger partial charge in [0.25, 0.3) is 0 Å². The number of fused-ring (bicyclic) bond motifs is 1. The quantitative estimate of drug-likeness (QED) is 0.142. The van der Waals surface area contributed by atoms with Crippen LogP contribution in [0.5, 0.6) is 5.75 Å². The van der Waals surface area contributed by atoms with E-state index < -0.39 is 0 Å². The molecule has 3 N–H and O–H groups in total. The van der Waals surface area contributed by atoms with Gasteiger partial charge in [0.1, 0.15) is 5.78 Å². The molecule has 7 nitrogen and oxygen atoms in total. The molecule has 0 spiro atoms. The van der Waals surface area contributed by atoms with E-state index in [9.17, 15) is 4.79 Å². The van der Waals surface area contributed by atoms with Crippen molar-refractivity contribution in [2.24, 2.45) is 13.0 Å². The Bertz CT molecular complexity index is 1440. The predicted molar refractivity (Wildman–Crippen MR) is 201 cm³/mol. The van der Waals surface area contributed by atoms with Gasteiger partial charge in [-0.05, 0) is 107 Å². The maximum Gasteiger partial charge on any atom is 0.166 e. The summed E-state index contributed by atoms with van der Waals surface area (Å²) >= 11 is 1.40. The lowest BCUT2D eigenvalue weighted by Gasteiger charge is -2.24. The van der Waals surface area contributed by atoms with Crippen molar-refractivity contribution in [1.29, 1.82) is 0 Å². The zero-order valence-corrected chi connectivity index (χ0v) is 30.8. The first-order chi connectivity index (χ1) is 21.9. The summed E-state index contributed by atoms with van der Waals surface area (Å²) < 4.78 is 14.5. The van der Waals surface area contributed by atoms with Crippen LogP contribution in [-0.2, 0) is 23.7 Å². The fourth-order valence-corrected chi connectivity index (χ4v) is 6.68. The van der Waals surface area contributed by atoms with Crippen LogP contribution in [0.3, 0.4) is 0 Å². The maximum absolute atomic E-state index is 11.5. The highest BCUT2D eigenvalue weighted by atomic mass is 32.2. The molecule has 0 radical (unpaired) electrons. The second-order valence-electron chi connectivity index (χ2n) is 13.8. The van der Waals surface area contributed by atoms with Crippen LogP contribution in [0.4, 0.5) is 11.4 Å². The van der Waals surface area contributed by atoms with Gasteiger partial charge >= 0.3 is 0 Å². The third kappa shape index (κ3) is 10.5. The molecule has 1 aliphatic heterocycles. The number of aromatic nitrogens is 1. The van der Waals surface area contributed by atoms with E-state index in [1.54, 1.807) is 14.0 Å². The lowest BCUT2D eigenvalue weighted by molar-refractivity contribution is -0.117. The first-order valence-corrected chi connectivity index (χ1v) is 17.7. The molecular formula is C38H59N5O2S. The van der Waals surface area contributed by atoms with Gasteiger partial charge in [0.15, 0.2) is 5.75 Å². The molecule has 1 unspecified atom stereocenters. The smallest absolute Gasteiger partial charge is 0.166 e. The van der Waals surface area contributed by atoms with E-state index in [-0.39, 0.29) is 11.2 Å². The number of Topliss-reactive ketones (excluding diaryl/α,β-unsaturated/α-hetero) is 1. The van der Waals surface area contributed by atoms with Crippen LogP contribution in [0.2, 0.25) is 0 Å². The van der Waals surface area contributed by atoms with Gasteiger partial charge in [-0.1, -0.05) is 65.3 Å². The highest BCUT2D eigenvalue weighted by Crippen LogP contribution is 2.41. The largest absolute Gasteiger partial charge is 0.492 e. The fourth-order valence-electron chi connectivity index (χ4n) is 6.32. The number of likely N-dealkylation sites (tertiary alicyclic amines) is 1. The summed E-state index contributed by atoms with van der Waals surface area (Å²) in [7, 11) is 7.87. The SMILES string of the molecule is C=C(Nc1cc(C(C)(C)C)cc(NSNC)c1OC)c1cc2cccc(CC(CCC)CCCC(C)=O)c2n1C.CN1CCCC1. The van der Waals surface area contributed by atoms with Gasteiger partial charge in [0.2, 0.25) is 0 Å². The first kappa shape index (κ1) is 37.5. The summed E-state index contributed by atoms with van der Waals surface area (Å²) in [5.74, 6) is 1.59. The molecule has 0 amide bonds. The maximum atomic E-state index is 11.5.